The van der Waals surface area contributed by atoms with Crippen molar-refractivity contribution in [3.8, 4) is 0 Å². The van der Waals surface area contributed by atoms with Crippen LogP contribution in [0.2, 0.25) is 0 Å². The lowest BCUT2D eigenvalue weighted by Gasteiger charge is -2.16. The molecule has 146 valence electrons. The maximum Gasteiger partial charge on any atom is 0.251 e. The molecule has 0 aromatic heterocycles. The molecule has 1 unspecified atom stereocenters. The second-order valence-corrected chi connectivity index (χ2v) is 7.39. The number of hydrogen-bond acceptors (Lipinski definition) is 2. The number of hydrogen-bond donors (Lipinski definition) is 2. The highest BCUT2D eigenvalue weighted by atomic mass is 19.1. The van der Waals surface area contributed by atoms with Crippen molar-refractivity contribution in [3.63, 3.8) is 0 Å². The SMILES string of the molecule is C/C(=C/C(=O)Nc1cc(C(=O)NC(C)c2ccccc2)cc(F)c1C)C1CC1. The number of nitrogens with one attached hydrogen (secondary N) is 2. The van der Waals surface area contributed by atoms with Crippen LogP contribution in [0.15, 0.2) is 54.1 Å². The molecule has 1 fully saturated rings. The van der Waals surface area contributed by atoms with Gasteiger partial charge in [-0.25, -0.2) is 4.39 Å². The Kier molecular flexibility index (Phi) is 5.93. The Morgan fingerprint density at radius 1 is 1.18 bits per heavy atom. The minimum atomic E-state index is -0.529. The fourth-order valence-electron chi connectivity index (χ4n) is 3.08. The van der Waals surface area contributed by atoms with Crippen molar-refractivity contribution >= 4 is 17.5 Å². The third-order valence-electron chi connectivity index (χ3n) is 5.09. The minimum Gasteiger partial charge on any atom is -0.346 e. The maximum atomic E-state index is 14.4. The molecular weight excluding hydrogens is 355 g/mol. The molecule has 0 saturated heterocycles. The van der Waals surface area contributed by atoms with E-state index in [4.69, 9.17) is 0 Å². The lowest BCUT2D eigenvalue weighted by molar-refractivity contribution is -0.112. The van der Waals surface area contributed by atoms with Gasteiger partial charge in [-0.2, -0.15) is 0 Å². The van der Waals surface area contributed by atoms with Crippen LogP contribution in [-0.4, -0.2) is 11.8 Å². The molecule has 1 atom stereocenters. The van der Waals surface area contributed by atoms with Crippen LogP contribution in [0.3, 0.4) is 0 Å². The first-order chi connectivity index (χ1) is 13.3. The molecule has 3 rings (SSSR count). The van der Waals surface area contributed by atoms with Crippen molar-refractivity contribution in [3.05, 3.63) is 76.6 Å². The zero-order valence-corrected chi connectivity index (χ0v) is 16.4. The summed E-state index contributed by atoms with van der Waals surface area (Å²) in [6, 6.07) is 12.0. The quantitative estimate of drug-likeness (QED) is 0.699. The molecule has 2 aromatic carbocycles. The van der Waals surface area contributed by atoms with Crippen molar-refractivity contribution < 1.29 is 14.0 Å². The summed E-state index contributed by atoms with van der Waals surface area (Å²) in [6.07, 6.45) is 3.77. The van der Waals surface area contributed by atoms with Crippen LogP contribution in [0.4, 0.5) is 10.1 Å². The van der Waals surface area contributed by atoms with Gasteiger partial charge in [-0.15, -0.1) is 0 Å². The Hall–Kier alpha value is -2.95. The Labute approximate surface area is 164 Å². The number of carbonyl (C=O) groups is 2. The summed E-state index contributed by atoms with van der Waals surface area (Å²) < 4.78 is 14.4. The lowest BCUT2D eigenvalue weighted by atomic mass is 10.1. The number of benzene rings is 2. The average Bonchev–Trinajstić information content (AvgIpc) is 3.51. The van der Waals surface area contributed by atoms with Gasteiger partial charge in [0.25, 0.3) is 5.91 Å². The van der Waals surface area contributed by atoms with E-state index in [0.717, 1.165) is 24.0 Å². The molecule has 1 aliphatic rings. The van der Waals surface area contributed by atoms with E-state index in [1.54, 1.807) is 13.0 Å². The average molecular weight is 380 g/mol. The van der Waals surface area contributed by atoms with Gasteiger partial charge in [-0.3, -0.25) is 9.59 Å². The van der Waals surface area contributed by atoms with Gasteiger partial charge in [0.2, 0.25) is 5.91 Å². The zero-order valence-electron chi connectivity index (χ0n) is 16.4. The first-order valence-electron chi connectivity index (χ1n) is 9.50. The predicted octanol–water partition coefficient (Wildman–Crippen LogP) is 4.92. The number of rotatable bonds is 6. The number of halogens is 1. The highest BCUT2D eigenvalue weighted by molar-refractivity contribution is 6.02. The first kappa shape index (κ1) is 19.8. The predicted molar refractivity (Wildman–Crippen MR) is 109 cm³/mol. The number of amides is 2. The van der Waals surface area contributed by atoms with Gasteiger partial charge in [0.05, 0.1) is 6.04 Å². The summed E-state index contributed by atoms with van der Waals surface area (Å²) >= 11 is 0. The molecular formula is C23H25FN2O2. The van der Waals surface area contributed by atoms with Crippen LogP contribution in [0, 0.1) is 18.7 Å². The molecule has 5 heteroatoms. The molecule has 4 nitrogen and oxygen atoms in total. The van der Waals surface area contributed by atoms with Crippen LogP contribution in [-0.2, 0) is 4.79 Å². The van der Waals surface area contributed by atoms with E-state index in [-0.39, 0.29) is 17.5 Å². The second kappa shape index (κ2) is 8.38. The fraction of sp³-hybridized carbons (Fsp3) is 0.304. The highest BCUT2D eigenvalue weighted by Crippen LogP contribution is 2.36. The summed E-state index contributed by atoms with van der Waals surface area (Å²) in [5.74, 6) is -0.740. The molecule has 1 saturated carbocycles. The van der Waals surface area contributed by atoms with Gasteiger partial charge < -0.3 is 10.6 Å². The molecule has 2 amide bonds. The molecule has 28 heavy (non-hydrogen) atoms. The number of anilines is 1. The van der Waals surface area contributed by atoms with Gasteiger partial charge in [0.15, 0.2) is 0 Å². The molecule has 0 radical (unpaired) electrons. The summed E-state index contributed by atoms with van der Waals surface area (Å²) in [6.45, 7) is 5.38. The molecule has 0 aliphatic heterocycles. The Balaban J connectivity index is 1.75. The normalized spacial score (nSPS) is 15.1. The van der Waals surface area contributed by atoms with Crippen molar-refractivity contribution in [2.24, 2.45) is 5.92 Å². The molecule has 0 bridgehead atoms. The Morgan fingerprint density at radius 2 is 1.86 bits per heavy atom. The summed E-state index contributed by atoms with van der Waals surface area (Å²) in [4.78, 5) is 24.9. The van der Waals surface area contributed by atoms with E-state index >= 15 is 0 Å². The molecule has 2 N–H and O–H groups in total. The first-order valence-corrected chi connectivity index (χ1v) is 9.50. The van der Waals surface area contributed by atoms with Crippen molar-refractivity contribution in [2.45, 2.75) is 39.7 Å². The van der Waals surface area contributed by atoms with E-state index in [0.29, 0.717) is 17.2 Å². The third-order valence-corrected chi connectivity index (χ3v) is 5.09. The van der Waals surface area contributed by atoms with Crippen LogP contribution in [0.1, 0.15) is 54.2 Å². The van der Waals surface area contributed by atoms with Gasteiger partial charge in [-0.1, -0.05) is 35.9 Å². The van der Waals surface area contributed by atoms with E-state index in [9.17, 15) is 14.0 Å². The van der Waals surface area contributed by atoms with Gasteiger partial charge >= 0.3 is 0 Å². The smallest absolute Gasteiger partial charge is 0.251 e. The van der Waals surface area contributed by atoms with Crippen LogP contribution >= 0.6 is 0 Å². The third kappa shape index (κ3) is 4.85. The largest absolute Gasteiger partial charge is 0.346 e. The minimum absolute atomic E-state index is 0.170. The van der Waals surface area contributed by atoms with Crippen LogP contribution in [0.5, 0.6) is 0 Å². The van der Waals surface area contributed by atoms with Crippen LogP contribution < -0.4 is 10.6 Å². The van der Waals surface area contributed by atoms with Gasteiger partial charge in [0, 0.05) is 22.9 Å². The van der Waals surface area contributed by atoms with E-state index in [1.807, 2.05) is 44.2 Å². The maximum absolute atomic E-state index is 14.4. The lowest BCUT2D eigenvalue weighted by Crippen LogP contribution is -2.27. The number of allylic oxidation sites excluding steroid dienone is 1. The molecule has 1 aliphatic carbocycles. The van der Waals surface area contributed by atoms with Gasteiger partial charge in [-0.05, 0) is 57.2 Å². The summed E-state index contributed by atoms with van der Waals surface area (Å²) in [7, 11) is 0. The second-order valence-electron chi connectivity index (χ2n) is 7.39. The van der Waals surface area contributed by atoms with E-state index in [1.165, 1.54) is 12.1 Å². The molecule has 0 spiro atoms. The Bertz CT molecular complexity index is 918. The topological polar surface area (TPSA) is 58.2 Å². The van der Waals surface area contributed by atoms with Crippen molar-refractivity contribution in [2.75, 3.05) is 5.32 Å². The van der Waals surface area contributed by atoms with Crippen molar-refractivity contribution in [1.29, 1.82) is 0 Å². The number of carbonyl (C=O) groups excluding carboxylic acids is 2. The van der Waals surface area contributed by atoms with Crippen molar-refractivity contribution in [1.82, 2.24) is 5.32 Å². The molecule has 2 aromatic rings. The Morgan fingerprint density at radius 3 is 2.50 bits per heavy atom. The van der Waals surface area contributed by atoms with Crippen LogP contribution in [0.25, 0.3) is 0 Å². The monoisotopic (exact) mass is 380 g/mol. The summed E-state index contributed by atoms with van der Waals surface area (Å²) in [5, 5.41) is 5.57. The van der Waals surface area contributed by atoms with E-state index < -0.39 is 11.7 Å². The fourth-order valence-corrected chi connectivity index (χ4v) is 3.08. The van der Waals surface area contributed by atoms with E-state index in [2.05, 4.69) is 10.6 Å². The standard InChI is InChI=1S/C23H25FN2O2/c1-14(17-9-10-17)11-22(27)26-21-13-19(12-20(24)15(21)2)23(28)25-16(3)18-7-5-4-6-8-18/h4-8,11-13,16-17H,9-10H2,1-3H3,(H,25,28)(H,26,27)/b14-11-. The molecule has 0 heterocycles. The van der Waals surface area contributed by atoms with Gasteiger partial charge in [0.1, 0.15) is 5.82 Å². The summed E-state index contributed by atoms with van der Waals surface area (Å²) in [5.41, 5.74) is 2.77. The zero-order chi connectivity index (χ0) is 20.3. The highest BCUT2D eigenvalue weighted by Gasteiger charge is 2.23.